The molecule has 1 heterocycles. The lowest BCUT2D eigenvalue weighted by Gasteiger charge is -2.06. The molecule has 0 unspecified atom stereocenters. The Hall–Kier alpha value is -2.42. The molecule has 1 amide bonds. The van der Waals surface area contributed by atoms with Crippen LogP contribution in [0, 0.1) is 0 Å². The van der Waals surface area contributed by atoms with Crippen LogP contribution < -0.4 is 10.0 Å². The number of benzene rings is 2. The molecule has 0 aliphatic heterocycles. The number of halogens is 1. The highest BCUT2D eigenvalue weighted by atomic mass is 35.5. The van der Waals surface area contributed by atoms with Gasteiger partial charge in [-0.3, -0.25) is 10.1 Å². The van der Waals surface area contributed by atoms with E-state index in [0.29, 0.717) is 22.1 Å². The van der Waals surface area contributed by atoms with E-state index in [0.717, 1.165) is 5.52 Å². The molecule has 0 aliphatic rings. The lowest BCUT2D eigenvalue weighted by molar-refractivity contribution is 0.102. The van der Waals surface area contributed by atoms with Gasteiger partial charge in [0.25, 0.3) is 5.91 Å². The lowest BCUT2D eigenvalue weighted by atomic mass is 10.2. The number of fused-ring (bicyclic) bond motifs is 1. The van der Waals surface area contributed by atoms with E-state index in [2.05, 4.69) is 15.0 Å². The number of hydrogen-bond donors (Lipinski definition) is 2. The minimum Gasteiger partial charge on any atom is -0.313 e. The maximum absolute atomic E-state index is 12.4. The minimum absolute atomic E-state index is 0.0870. The Morgan fingerprint density at radius 1 is 1.16 bits per heavy atom. The van der Waals surface area contributed by atoms with E-state index < -0.39 is 15.9 Å². The molecule has 2 aromatic carbocycles. The van der Waals surface area contributed by atoms with Gasteiger partial charge in [0.15, 0.2) is 0 Å². The van der Waals surface area contributed by atoms with Gasteiger partial charge in [-0.2, -0.15) is 0 Å². The van der Waals surface area contributed by atoms with Crippen LogP contribution in [0.1, 0.15) is 10.4 Å². The van der Waals surface area contributed by atoms with E-state index in [1.807, 2.05) is 6.07 Å². The van der Waals surface area contributed by atoms with Crippen molar-refractivity contribution in [1.82, 2.24) is 14.3 Å². The third kappa shape index (κ3) is 3.37. The van der Waals surface area contributed by atoms with Crippen molar-refractivity contribution in [3.8, 4) is 0 Å². The molecular formula is C16H15ClN4O3S. The van der Waals surface area contributed by atoms with Crippen LogP contribution in [0.3, 0.4) is 0 Å². The molecule has 9 heteroatoms. The van der Waals surface area contributed by atoms with Gasteiger partial charge < -0.3 is 4.57 Å². The third-order valence-corrected chi connectivity index (χ3v) is 5.43. The van der Waals surface area contributed by atoms with E-state index in [9.17, 15) is 13.2 Å². The second-order valence-electron chi connectivity index (χ2n) is 5.31. The van der Waals surface area contributed by atoms with E-state index >= 15 is 0 Å². The van der Waals surface area contributed by atoms with Crippen LogP contribution in [-0.4, -0.2) is 30.9 Å². The van der Waals surface area contributed by atoms with Crippen LogP contribution in [0.15, 0.2) is 47.4 Å². The zero-order valence-corrected chi connectivity index (χ0v) is 15.0. The molecule has 1 aromatic heterocycles. The average molecular weight is 379 g/mol. The molecule has 0 bridgehead atoms. The quantitative estimate of drug-likeness (QED) is 0.729. The topological polar surface area (TPSA) is 93.1 Å². The van der Waals surface area contributed by atoms with Crippen molar-refractivity contribution in [3.05, 3.63) is 53.1 Å². The standard InChI is InChI=1S/C16H15ClN4O3S/c1-18-25(23,24)12-6-3-10(4-7-12)15(22)20-16-19-13-9-11(17)5-8-14(13)21(16)2/h3-9,18H,1-2H3,(H,19,20,22). The molecule has 0 fully saturated rings. The molecule has 25 heavy (non-hydrogen) atoms. The maximum atomic E-state index is 12.4. The Bertz CT molecular complexity index is 1060. The summed E-state index contributed by atoms with van der Waals surface area (Å²) in [6.45, 7) is 0. The SMILES string of the molecule is CNS(=O)(=O)c1ccc(C(=O)Nc2nc3cc(Cl)ccc3n2C)cc1. The molecule has 2 N–H and O–H groups in total. The highest BCUT2D eigenvalue weighted by Crippen LogP contribution is 2.22. The number of aromatic nitrogens is 2. The smallest absolute Gasteiger partial charge is 0.257 e. The van der Waals surface area contributed by atoms with Gasteiger partial charge in [-0.05, 0) is 49.5 Å². The molecule has 0 saturated heterocycles. The van der Waals surface area contributed by atoms with Crippen molar-refractivity contribution in [2.24, 2.45) is 7.05 Å². The molecule has 3 aromatic rings. The molecule has 0 saturated carbocycles. The Morgan fingerprint density at radius 2 is 1.84 bits per heavy atom. The Kier molecular flexibility index (Phi) is 4.51. The second-order valence-corrected chi connectivity index (χ2v) is 7.64. The fourth-order valence-electron chi connectivity index (χ4n) is 2.36. The van der Waals surface area contributed by atoms with Crippen LogP contribution in [0.2, 0.25) is 5.02 Å². The average Bonchev–Trinajstić information content (AvgIpc) is 2.90. The van der Waals surface area contributed by atoms with Gasteiger partial charge in [0, 0.05) is 17.6 Å². The van der Waals surface area contributed by atoms with E-state index in [1.54, 1.807) is 23.7 Å². The van der Waals surface area contributed by atoms with Crippen LogP contribution >= 0.6 is 11.6 Å². The molecular weight excluding hydrogens is 364 g/mol. The number of imidazole rings is 1. The number of aryl methyl sites for hydroxylation is 1. The Morgan fingerprint density at radius 3 is 2.48 bits per heavy atom. The number of carbonyl (C=O) groups excluding carboxylic acids is 1. The Balaban J connectivity index is 1.86. The summed E-state index contributed by atoms with van der Waals surface area (Å²) in [5.74, 6) is -0.0212. The number of carbonyl (C=O) groups is 1. The largest absolute Gasteiger partial charge is 0.313 e. The monoisotopic (exact) mass is 378 g/mol. The van der Waals surface area contributed by atoms with E-state index in [4.69, 9.17) is 11.6 Å². The first kappa shape index (κ1) is 17.4. The van der Waals surface area contributed by atoms with Crippen molar-refractivity contribution in [2.75, 3.05) is 12.4 Å². The number of hydrogen-bond acceptors (Lipinski definition) is 4. The first-order valence-electron chi connectivity index (χ1n) is 7.29. The molecule has 0 atom stereocenters. The predicted octanol–water partition coefficient (Wildman–Crippen LogP) is 2.39. The summed E-state index contributed by atoms with van der Waals surface area (Å²) in [5, 5.41) is 3.27. The third-order valence-electron chi connectivity index (χ3n) is 3.76. The summed E-state index contributed by atoms with van der Waals surface area (Å²) in [7, 11) is -0.432. The molecule has 0 spiro atoms. The van der Waals surface area contributed by atoms with Gasteiger partial charge in [-0.15, -0.1) is 0 Å². The van der Waals surface area contributed by atoms with Crippen LogP contribution in [0.25, 0.3) is 11.0 Å². The van der Waals surface area contributed by atoms with Crippen molar-refractivity contribution >= 4 is 44.5 Å². The van der Waals surface area contributed by atoms with Gasteiger partial charge in [0.2, 0.25) is 16.0 Å². The van der Waals surface area contributed by atoms with Crippen molar-refractivity contribution in [2.45, 2.75) is 4.90 Å². The van der Waals surface area contributed by atoms with Gasteiger partial charge in [0.05, 0.1) is 15.9 Å². The summed E-state index contributed by atoms with van der Waals surface area (Å²) in [5.41, 5.74) is 1.82. The molecule has 130 valence electrons. The first-order valence-corrected chi connectivity index (χ1v) is 9.15. The van der Waals surface area contributed by atoms with Crippen LogP contribution in [0.5, 0.6) is 0 Å². The summed E-state index contributed by atoms with van der Waals surface area (Å²) < 4.78 is 27.4. The Labute approximate surface area is 149 Å². The zero-order valence-electron chi connectivity index (χ0n) is 13.4. The highest BCUT2D eigenvalue weighted by Gasteiger charge is 2.15. The minimum atomic E-state index is -3.54. The number of rotatable bonds is 4. The number of sulfonamides is 1. The summed E-state index contributed by atoms with van der Waals surface area (Å²) in [6.07, 6.45) is 0. The lowest BCUT2D eigenvalue weighted by Crippen LogP contribution is -2.19. The zero-order chi connectivity index (χ0) is 18.2. The normalized spacial score (nSPS) is 11.6. The van der Waals surface area contributed by atoms with Gasteiger partial charge in [0.1, 0.15) is 0 Å². The number of amides is 1. The van der Waals surface area contributed by atoms with Crippen LogP contribution in [-0.2, 0) is 17.1 Å². The van der Waals surface area contributed by atoms with E-state index in [1.165, 1.54) is 31.3 Å². The van der Waals surface area contributed by atoms with Crippen LogP contribution in [0.4, 0.5) is 5.95 Å². The number of nitrogens with zero attached hydrogens (tertiary/aromatic N) is 2. The second kappa shape index (κ2) is 6.47. The van der Waals surface area contributed by atoms with Crippen molar-refractivity contribution in [1.29, 1.82) is 0 Å². The van der Waals surface area contributed by atoms with Crippen molar-refractivity contribution < 1.29 is 13.2 Å². The summed E-state index contributed by atoms with van der Waals surface area (Å²) in [6, 6.07) is 10.9. The molecule has 0 aliphatic carbocycles. The van der Waals surface area contributed by atoms with Gasteiger partial charge in [-0.25, -0.2) is 18.1 Å². The highest BCUT2D eigenvalue weighted by molar-refractivity contribution is 7.89. The number of nitrogens with one attached hydrogen (secondary N) is 2. The fraction of sp³-hybridized carbons (Fsp3) is 0.125. The fourth-order valence-corrected chi connectivity index (χ4v) is 3.26. The summed E-state index contributed by atoms with van der Waals surface area (Å²) in [4.78, 5) is 16.8. The van der Waals surface area contributed by atoms with E-state index in [-0.39, 0.29) is 4.90 Å². The summed E-state index contributed by atoms with van der Waals surface area (Å²) >= 11 is 5.95. The number of anilines is 1. The molecule has 7 nitrogen and oxygen atoms in total. The van der Waals surface area contributed by atoms with Gasteiger partial charge in [-0.1, -0.05) is 11.6 Å². The van der Waals surface area contributed by atoms with Crippen molar-refractivity contribution in [3.63, 3.8) is 0 Å². The predicted molar refractivity (Wildman–Crippen MR) is 96.4 cm³/mol. The maximum Gasteiger partial charge on any atom is 0.257 e. The van der Waals surface area contributed by atoms with Gasteiger partial charge >= 0.3 is 0 Å². The molecule has 3 rings (SSSR count). The first-order chi connectivity index (χ1) is 11.8. The molecule has 0 radical (unpaired) electrons.